The van der Waals surface area contributed by atoms with E-state index in [-0.39, 0.29) is 19.0 Å². The quantitative estimate of drug-likeness (QED) is 0.501. The Morgan fingerprint density at radius 2 is 1.85 bits per heavy atom. The van der Waals surface area contributed by atoms with Crippen LogP contribution in [0.1, 0.15) is 12.5 Å². The van der Waals surface area contributed by atoms with Crippen LogP contribution in [0.2, 0.25) is 0 Å². The number of Topliss-reactive ketones (excluding diaryl/α,β-unsaturated/α-hetero) is 1. The molecular formula is C18H21ClN2O6. The lowest BCUT2D eigenvalue weighted by molar-refractivity contribution is -0.126. The summed E-state index contributed by atoms with van der Waals surface area (Å²) >= 11 is 0. The molecule has 9 heteroatoms. The number of nitrogens with one attached hydrogen (secondary N) is 1. The third kappa shape index (κ3) is 5.65. The minimum atomic E-state index is -1.03. The number of benzene rings is 1. The lowest BCUT2D eigenvalue weighted by Gasteiger charge is -2.21. The first kappa shape index (κ1) is 22.4. The summed E-state index contributed by atoms with van der Waals surface area (Å²) in [6, 6.07) is 8.32. The van der Waals surface area contributed by atoms with Gasteiger partial charge in [-0.05, 0) is 12.5 Å². The lowest BCUT2D eigenvalue weighted by Crippen LogP contribution is -2.49. The van der Waals surface area contributed by atoms with Crippen LogP contribution in [-0.4, -0.2) is 46.4 Å². The maximum absolute atomic E-state index is 12.1. The highest BCUT2D eigenvalue weighted by atomic mass is 35.5. The Hall–Kier alpha value is -2.68. The molecule has 1 aromatic rings. The molecule has 146 valence electrons. The van der Waals surface area contributed by atoms with Crippen LogP contribution in [0, 0.1) is 0 Å². The molecular weight excluding hydrogens is 376 g/mol. The summed E-state index contributed by atoms with van der Waals surface area (Å²) in [5, 5.41) is 21.4. The Morgan fingerprint density at radius 3 is 2.48 bits per heavy atom. The maximum atomic E-state index is 12.1. The second-order valence-corrected chi connectivity index (χ2v) is 5.80. The molecule has 1 aliphatic rings. The first-order valence-electron chi connectivity index (χ1n) is 7.92. The van der Waals surface area contributed by atoms with Crippen molar-refractivity contribution in [1.29, 1.82) is 0 Å². The molecule has 1 aromatic carbocycles. The van der Waals surface area contributed by atoms with Crippen molar-refractivity contribution in [2.24, 2.45) is 5.73 Å². The van der Waals surface area contributed by atoms with E-state index in [2.05, 4.69) is 5.32 Å². The molecule has 0 radical (unpaired) electrons. The van der Waals surface area contributed by atoms with Crippen LogP contribution in [0.3, 0.4) is 0 Å². The SMILES string of the molecule is C[C@@H](OCc1ccccc1)[C@H](N)C(=O)NCC1=C(O)C(=O)C=C(O)C1=O.Cl. The van der Waals surface area contributed by atoms with Crippen LogP contribution in [-0.2, 0) is 25.7 Å². The first-order valence-corrected chi connectivity index (χ1v) is 7.92. The Bertz CT molecular complexity index is 775. The number of carbonyl (C=O) groups excluding carboxylic acids is 3. The topological polar surface area (TPSA) is 139 Å². The van der Waals surface area contributed by atoms with Gasteiger partial charge in [0.1, 0.15) is 6.04 Å². The van der Waals surface area contributed by atoms with E-state index in [1.165, 1.54) is 0 Å². The molecule has 27 heavy (non-hydrogen) atoms. The van der Waals surface area contributed by atoms with Gasteiger partial charge in [-0.25, -0.2) is 0 Å². The zero-order valence-electron chi connectivity index (χ0n) is 14.5. The second kappa shape index (κ2) is 9.86. The predicted octanol–water partition coefficient (Wildman–Crippen LogP) is 0.863. The van der Waals surface area contributed by atoms with Gasteiger partial charge >= 0.3 is 0 Å². The number of hydrogen-bond donors (Lipinski definition) is 4. The molecule has 0 spiro atoms. The minimum absolute atomic E-state index is 0. The van der Waals surface area contributed by atoms with Crippen LogP contribution in [0.15, 0.2) is 53.5 Å². The van der Waals surface area contributed by atoms with E-state index in [9.17, 15) is 24.6 Å². The highest BCUT2D eigenvalue weighted by Gasteiger charge is 2.29. The van der Waals surface area contributed by atoms with E-state index in [1.807, 2.05) is 30.3 Å². The third-order valence-corrected chi connectivity index (χ3v) is 3.90. The second-order valence-electron chi connectivity index (χ2n) is 5.80. The van der Waals surface area contributed by atoms with Crippen molar-refractivity contribution in [1.82, 2.24) is 5.32 Å². The third-order valence-electron chi connectivity index (χ3n) is 3.90. The summed E-state index contributed by atoms with van der Waals surface area (Å²) in [5.41, 5.74) is 6.37. The minimum Gasteiger partial charge on any atom is -0.504 e. The highest BCUT2D eigenvalue weighted by Crippen LogP contribution is 2.15. The molecule has 5 N–H and O–H groups in total. The van der Waals surface area contributed by atoms with E-state index in [1.54, 1.807) is 6.92 Å². The van der Waals surface area contributed by atoms with Gasteiger partial charge in [0.05, 0.1) is 24.8 Å². The van der Waals surface area contributed by atoms with Crippen molar-refractivity contribution in [3.63, 3.8) is 0 Å². The summed E-state index contributed by atoms with van der Waals surface area (Å²) in [5.74, 6) is -4.06. The molecule has 1 aliphatic carbocycles. The van der Waals surface area contributed by atoms with Gasteiger partial charge in [0.2, 0.25) is 17.5 Å². The zero-order chi connectivity index (χ0) is 19.3. The number of ether oxygens (including phenoxy) is 1. The van der Waals surface area contributed by atoms with Crippen LogP contribution < -0.4 is 11.1 Å². The molecule has 2 atom stereocenters. The van der Waals surface area contributed by atoms with E-state index in [4.69, 9.17) is 10.5 Å². The van der Waals surface area contributed by atoms with Gasteiger partial charge in [0.25, 0.3) is 0 Å². The summed E-state index contributed by atoms with van der Waals surface area (Å²) in [4.78, 5) is 35.3. The van der Waals surface area contributed by atoms with Gasteiger partial charge in [-0.1, -0.05) is 30.3 Å². The van der Waals surface area contributed by atoms with E-state index < -0.39 is 53.3 Å². The van der Waals surface area contributed by atoms with E-state index >= 15 is 0 Å². The fourth-order valence-corrected chi connectivity index (χ4v) is 2.25. The van der Waals surface area contributed by atoms with Gasteiger partial charge in [0.15, 0.2) is 11.5 Å². The molecule has 0 unspecified atom stereocenters. The summed E-state index contributed by atoms with van der Waals surface area (Å²) in [7, 11) is 0. The Kier molecular flexibility index (Phi) is 8.17. The number of rotatable bonds is 7. The van der Waals surface area contributed by atoms with Crippen molar-refractivity contribution in [2.75, 3.05) is 6.54 Å². The van der Waals surface area contributed by atoms with Crippen molar-refractivity contribution < 1.29 is 29.3 Å². The Balaban J connectivity index is 0.00000364. The number of ketones is 2. The van der Waals surface area contributed by atoms with Crippen molar-refractivity contribution >= 4 is 29.9 Å². The number of nitrogens with two attached hydrogens (primary N) is 1. The standard InChI is InChI=1S/C18H20N2O6.ClH/c1-10(26-9-11-5-3-2-4-6-11)15(19)18(25)20-8-12-16(23)13(21)7-14(22)17(12)24;/h2-7,10,15,21,24H,8-9,19H2,1H3,(H,20,25);1H/t10-,15+;/m1./s1. The largest absolute Gasteiger partial charge is 0.504 e. The molecule has 0 saturated carbocycles. The van der Waals surface area contributed by atoms with Crippen molar-refractivity contribution in [3.8, 4) is 0 Å². The average molecular weight is 397 g/mol. The number of allylic oxidation sites excluding steroid dienone is 2. The molecule has 8 nitrogen and oxygen atoms in total. The Labute approximate surface area is 162 Å². The summed E-state index contributed by atoms with van der Waals surface area (Å²) < 4.78 is 5.56. The number of amides is 1. The number of aliphatic hydroxyl groups excluding tert-OH is 2. The fourth-order valence-electron chi connectivity index (χ4n) is 2.25. The average Bonchev–Trinajstić information content (AvgIpc) is 2.64. The normalized spacial score (nSPS) is 16.3. The zero-order valence-corrected chi connectivity index (χ0v) is 15.4. The van der Waals surface area contributed by atoms with Crippen LogP contribution in [0.25, 0.3) is 0 Å². The molecule has 0 aromatic heterocycles. The fraction of sp³-hybridized carbons (Fsp3) is 0.278. The molecule has 0 fully saturated rings. The molecule has 0 aliphatic heterocycles. The van der Waals surface area contributed by atoms with Crippen molar-refractivity contribution in [2.45, 2.75) is 25.7 Å². The highest BCUT2D eigenvalue weighted by molar-refractivity contribution is 6.21. The summed E-state index contributed by atoms with van der Waals surface area (Å²) in [6.45, 7) is 1.47. The molecule has 1 amide bonds. The number of halogens is 1. The maximum Gasteiger partial charge on any atom is 0.239 e. The smallest absolute Gasteiger partial charge is 0.239 e. The van der Waals surface area contributed by atoms with Gasteiger partial charge in [0, 0.05) is 6.08 Å². The van der Waals surface area contributed by atoms with Crippen LogP contribution in [0.4, 0.5) is 0 Å². The van der Waals surface area contributed by atoms with E-state index in [0.717, 1.165) is 5.56 Å². The molecule has 0 bridgehead atoms. The van der Waals surface area contributed by atoms with Crippen molar-refractivity contribution in [3.05, 3.63) is 59.1 Å². The number of aliphatic hydroxyl groups is 2. The van der Waals surface area contributed by atoms with Crippen LogP contribution >= 0.6 is 12.4 Å². The lowest BCUT2D eigenvalue weighted by atomic mass is 10.00. The van der Waals surface area contributed by atoms with Gasteiger partial charge in [-0.2, -0.15) is 0 Å². The van der Waals surface area contributed by atoms with E-state index in [0.29, 0.717) is 6.08 Å². The van der Waals surface area contributed by atoms with Gasteiger partial charge < -0.3 is 26.0 Å². The van der Waals surface area contributed by atoms with Gasteiger partial charge in [-0.3, -0.25) is 14.4 Å². The van der Waals surface area contributed by atoms with Crippen LogP contribution in [0.5, 0.6) is 0 Å². The Morgan fingerprint density at radius 1 is 1.22 bits per heavy atom. The first-order chi connectivity index (χ1) is 12.3. The predicted molar refractivity (Wildman–Crippen MR) is 99.3 cm³/mol. The monoisotopic (exact) mass is 396 g/mol. The molecule has 0 heterocycles. The summed E-state index contributed by atoms with van der Waals surface area (Å²) in [6.07, 6.45) is 0.00331. The number of hydrogen-bond acceptors (Lipinski definition) is 7. The molecule has 0 saturated heterocycles. The molecule has 2 rings (SSSR count). The number of carbonyl (C=O) groups is 3. The van der Waals surface area contributed by atoms with Gasteiger partial charge in [-0.15, -0.1) is 12.4 Å².